The highest BCUT2D eigenvalue weighted by molar-refractivity contribution is 6.02. The first-order valence-corrected chi connectivity index (χ1v) is 8.54. The first kappa shape index (κ1) is 21.0. The van der Waals surface area contributed by atoms with Crippen LogP contribution in [-0.4, -0.2) is 22.5 Å². The van der Waals surface area contributed by atoms with Crippen molar-refractivity contribution in [3.63, 3.8) is 0 Å². The van der Waals surface area contributed by atoms with Gasteiger partial charge >= 0.3 is 0 Å². The van der Waals surface area contributed by atoms with Crippen LogP contribution in [0.25, 0.3) is 0 Å². The van der Waals surface area contributed by atoms with Crippen LogP contribution in [0.15, 0.2) is 12.1 Å². The van der Waals surface area contributed by atoms with Crippen LogP contribution in [0.4, 0.5) is 5.69 Å². The molecular weight excluding hydrogens is 316 g/mol. The fraction of sp³-hybridized carbons (Fsp3) is 0.600. The molecule has 0 atom stereocenters. The molecule has 0 unspecified atom stereocenters. The molecule has 0 saturated heterocycles. The van der Waals surface area contributed by atoms with E-state index in [1.165, 1.54) is 0 Å². The predicted molar refractivity (Wildman–Crippen MR) is 102 cm³/mol. The van der Waals surface area contributed by atoms with Crippen molar-refractivity contribution in [2.45, 2.75) is 73.3 Å². The van der Waals surface area contributed by atoms with Gasteiger partial charge in [-0.25, -0.2) is 0 Å². The van der Waals surface area contributed by atoms with Crippen molar-refractivity contribution in [1.82, 2.24) is 5.32 Å². The summed E-state index contributed by atoms with van der Waals surface area (Å²) in [6.07, 6.45) is 0. The number of anilines is 1. The Morgan fingerprint density at radius 2 is 1.44 bits per heavy atom. The molecule has 1 rings (SSSR count). The maximum Gasteiger partial charge on any atom is 0.255 e. The average molecular weight is 348 g/mol. The van der Waals surface area contributed by atoms with Gasteiger partial charge in [0, 0.05) is 11.0 Å². The number of phenolic OH excluding ortho intramolecular Hbond substituents is 1. The molecule has 1 aromatic rings. The number of hydrogen-bond acceptors (Lipinski definition) is 3. The molecule has 3 N–H and O–H groups in total. The monoisotopic (exact) mass is 348 g/mol. The lowest BCUT2D eigenvalue weighted by Gasteiger charge is -2.25. The second-order valence-corrected chi connectivity index (χ2v) is 9.58. The summed E-state index contributed by atoms with van der Waals surface area (Å²) in [6, 6.07) is 3.41. The zero-order chi connectivity index (χ0) is 19.8. The quantitative estimate of drug-likeness (QED) is 0.701. The lowest BCUT2D eigenvalue weighted by molar-refractivity contribution is -0.123. The number of benzene rings is 1. The maximum atomic E-state index is 12.6. The highest BCUT2D eigenvalue weighted by Crippen LogP contribution is 2.35. The smallest absolute Gasteiger partial charge is 0.255 e. The molecule has 0 aliphatic rings. The molecule has 0 saturated carbocycles. The van der Waals surface area contributed by atoms with Gasteiger partial charge in [0.2, 0.25) is 5.91 Å². The molecule has 140 valence electrons. The SMILES string of the molecule is CC(C)(C)NC(=O)c1cc(C(C)(C)C)cc(NC(=O)C(C)(C)C)c1O. The molecule has 5 heteroatoms. The van der Waals surface area contributed by atoms with E-state index < -0.39 is 11.0 Å². The van der Waals surface area contributed by atoms with E-state index >= 15 is 0 Å². The van der Waals surface area contributed by atoms with Crippen LogP contribution in [0, 0.1) is 5.41 Å². The molecule has 0 fully saturated rings. The van der Waals surface area contributed by atoms with E-state index in [-0.39, 0.29) is 34.2 Å². The number of nitrogens with one attached hydrogen (secondary N) is 2. The summed E-state index contributed by atoms with van der Waals surface area (Å²) in [6.45, 7) is 17.0. The Hall–Kier alpha value is -2.04. The summed E-state index contributed by atoms with van der Waals surface area (Å²) in [5.74, 6) is -0.814. The van der Waals surface area contributed by atoms with E-state index in [2.05, 4.69) is 10.6 Å². The molecule has 2 amide bonds. The summed E-state index contributed by atoms with van der Waals surface area (Å²) in [7, 11) is 0. The largest absolute Gasteiger partial charge is 0.505 e. The summed E-state index contributed by atoms with van der Waals surface area (Å²) < 4.78 is 0. The van der Waals surface area contributed by atoms with E-state index in [9.17, 15) is 14.7 Å². The molecule has 0 bridgehead atoms. The maximum absolute atomic E-state index is 12.6. The summed E-state index contributed by atoms with van der Waals surface area (Å²) in [5.41, 5.74) is -0.0220. The van der Waals surface area contributed by atoms with Gasteiger partial charge in [0.05, 0.1) is 11.3 Å². The average Bonchev–Trinajstić information content (AvgIpc) is 2.36. The van der Waals surface area contributed by atoms with Gasteiger partial charge in [-0.1, -0.05) is 41.5 Å². The van der Waals surface area contributed by atoms with E-state index in [1.54, 1.807) is 32.9 Å². The van der Waals surface area contributed by atoms with Crippen LogP contribution in [-0.2, 0) is 10.2 Å². The van der Waals surface area contributed by atoms with Crippen LogP contribution in [0.1, 0.15) is 78.2 Å². The standard InChI is InChI=1S/C20H32N2O3/c1-18(2,3)12-10-13(16(24)22-20(7,8)9)15(23)14(11-12)21-17(25)19(4,5)6/h10-11,23H,1-9H3,(H,21,25)(H,22,24). The molecule has 0 aliphatic heterocycles. The van der Waals surface area contributed by atoms with Crippen molar-refractivity contribution in [1.29, 1.82) is 0 Å². The third kappa shape index (κ3) is 5.76. The van der Waals surface area contributed by atoms with Crippen LogP contribution < -0.4 is 10.6 Å². The minimum atomic E-state index is -0.613. The Morgan fingerprint density at radius 3 is 1.84 bits per heavy atom. The van der Waals surface area contributed by atoms with Gasteiger partial charge in [-0.3, -0.25) is 9.59 Å². The molecule has 5 nitrogen and oxygen atoms in total. The number of amides is 2. The van der Waals surface area contributed by atoms with E-state index in [0.717, 1.165) is 5.56 Å². The van der Waals surface area contributed by atoms with Gasteiger partial charge in [0.25, 0.3) is 5.91 Å². The van der Waals surface area contributed by atoms with Crippen molar-refractivity contribution in [3.8, 4) is 5.75 Å². The normalized spacial score (nSPS) is 12.7. The first-order valence-electron chi connectivity index (χ1n) is 8.54. The van der Waals surface area contributed by atoms with Crippen molar-refractivity contribution in [2.24, 2.45) is 5.41 Å². The van der Waals surface area contributed by atoms with Crippen molar-refractivity contribution < 1.29 is 14.7 Å². The Morgan fingerprint density at radius 1 is 0.920 bits per heavy atom. The molecular formula is C20H32N2O3. The number of phenols is 1. The van der Waals surface area contributed by atoms with E-state index in [0.29, 0.717) is 0 Å². The minimum Gasteiger partial charge on any atom is -0.505 e. The topological polar surface area (TPSA) is 78.4 Å². The Kier molecular flexibility index (Phi) is 5.62. The summed E-state index contributed by atoms with van der Waals surface area (Å²) in [5, 5.41) is 16.2. The first-order chi connectivity index (χ1) is 11.0. The predicted octanol–water partition coefficient (Wildman–Crippen LogP) is 4.20. The lowest BCUT2D eigenvalue weighted by Crippen LogP contribution is -2.40. The number of carbonyl (C=O) groups is 2. The molecule has 0 radical (unpaired) electrons. The van der Waals surface area contributed by atoms with Crippen LogP contribution in [0.3, 0.4) is 0 Å². The van der Waals surface area contributed by atoms with Gasteiger partial charge in [-0.2, -0.15) is 0 Å². The van der Waals surface area contributed by atoms with Crippen LogP contribution in [0.5, 0.6) is 5.75 Å². The number of aromatic hydroxyl groups is 1. The third-order valence-corrected chi connectivity index (χ3v) is 3.64. The van der Waals surface area contributed by atoms with Gasteiger partial charge in [0.15, 0.2) is 5.75 Å². The van der Waals surface area contributed by atoms with Gasteiger partial charge < -0.3 is 15.7 Å². The lowest BCUT2D eigenvalue weighted by atomic mass is 9.85. The van der Waals surface area contributed by atoms with Gasteiger partial charge in [0.1, 0.15) is 0 Å². The second-order valence-electron chi connectivity index (χ2n) is 9.58. The van der Waals surface area contributed by atoms with E-state index in [1.807, 2.05) is 41.5 Å². The van der Waals surface area contributed by atoms with Crippen molar-refractivity contribution in [3.05, 3.63) is 23.3 Å². The number of hydrogen-bond donors (Lipinski definition) is 3. The van der Waals surface area contributed by atoms with Crippen LogP contribution in [0.2, 0.25) is 0 Å². The Labute approximate surface area is 151 Å². The second kappa shape index (κ2) is 6.70. The highest BCUT2D eigenvalue weighted by Gasteiger charge is 2.27. The molecule has 0 aliphatic carbocycles. The van der Waals surface area contributed by atoms with Crippen molar-refractivity contribution >= 4 is 17.5 Å². The molecule has 1 aromatic carbocycles. The zero-order valence-corrected chi connectivity index (χ0v) is 16.9. The van der Waals surface area contributed by atoms with Gasteiger partial charge in [-0.05, 0) is 43.9 Å². The molecule has 25 heavy (non-hydrogen) atoms. The molecule has 0 spiro atoms. The van der Waals surface area contributed by atoms with Crippen LogP contribution >= 0.6 is 0 Å². The summed E-state index contributed by atoms with van der Waals surface area (Å²) in [4.78, 5) is 24.9. The zero-order valence-electron chi connectivity index (χ0n) is 16.9. The Balaban J connectivity index is 3.45. The highest BCUT2D eigenvalue weighted by atomic mass is 16.3. The van der Waals surface area contributed by atoms with Gasteiger partial charge in [-0.15, -0.1) is 0 Å². The number of rotatable bonds is 2. The third-order valence-electron chi connectivity index (χ3n) is 3.64. The fourth-order valence-electron chi connectivity index (χ4n) is 2.05. The Bertz CT molecular complexity index is 672. The van der Waals surface area contributed by atoms with E-state index in [4.69, 9.17) is 0 Å². The summed E-state index contributed by atoms with van der Waals surface area (Å²) >= 11 is 0. The molecule has 0 aromatic heterocycles. The van der Waals surface area contributed by atoms with Crippen molar-refractivity contribution in [2.75, 3.05) is 5.32 Å². The minimum absolute atomic E-state index is 0.159. The molecule has 0 heterocycles. The fourth-order valence-corrected chi connectivity index (χ4v) is 2.05. The number of carbonyl (C=O) groups excluding carboxylic acids is 2.